The lowest BCUT2D eigenvalue weighted by molar-refractivity contribution is -0.0784. The lowest BCUT2D eigenvalue weighted by Crippen LogP contribution is -2.64. The average molecular weight is 732 g/mol. The summed E-state index contributed by atoms with van der Waals surface area (Å²) in [5.74, 6) is 0. The maximum Gasteiger partial charge on any atom is 0.0163 e. The van der Waals surface area contributed by atoms with Gasteiger partial charge in [0.25, 0.3) is 0 Å². The van der Waals surface area contributed by atoms with Crippen molar-refractivity contribution in [3.8, 4) is 0 Å². The SMILES string of the molecule is CCCCCCCCCCCCCCC(C)(C)N(C(C)(C)CCCCCCCCCCCCCC)C(C)(C)CCCCCCCCCCCCCC. The van der Waals surface area contributed by atoms with Crippen molar-refractivity contribution < 1.29 is 0 Å². The van der Waals surface area contributed by atoms with Crippen molar-refractivity contribution in [1.29, 1.82) is 0 Å². The summed E-state index contributed by atoms with van der Waals surface area (Å²) in [6.07, 6.45) is 55.9. The fourth-order valence-electron chi connectivity index (χ4n) is 9.99. The minimum absolute atomic E-state index is 0.236. The Morgan fingerprint density at radius 2 is 0.346 bits per heavy atom. The number of hydrogen-bond acceptors (Lipinski definition) is 1. The van der Waals surface area contributed by atoms with Gasteiger partial charge in [0, 0.05) is 16.6 Å². The molecule has 0 fully saturated rings. The van der Waals surface area contributed by atoms with E-state index in [1.165, 1.54) is 250 Å². The van der Waals surface area contributed by atoms with Crippen LogP contribution in [0.15, 0.2) is 0 Å². The third-order valence-corrected chi connectivity index (χ3v) is 12.7. The number of rotatable bonds is 42. The smallest absolute Gasteiger partial charge is 0.0163 e. The van der Waals surface area contributed by atoms with E-state index in [4.69, 9.17) is 0 Å². The van der Waals surface area contributed by atoms with Gasteiger partial charge in [-0.2, -0.15) is 0 Å². The summed E-state index contributed by atoms with van der Waals surface area (Å²) < 4.78 is 0. The molecule has 0 spiro atoms. The third-order valence-electron chi connectivity index (χ3n) is 12.7. The van der Waals surface area contributed by atoms with E-state index >= 15 is 0 Å². The highest BCUT2D eigenvalue weighted by Gasteiger charge is 2.45. The van der Waals surface area contributed by atoms with E-state index < -0.39 is 0 Å². The Morgan fingerprint density at radius 1 is 0.212 bits per heavy atom. The molecule has 0 bridgehead atoms. The van der Waals surface area contributed by atoms with E-state index in [9.17, 15) is 0 Å². The number of hydrogen-bond donors (Lipinski definition) is 0. The molecule has 0 aliphatic heterocycles. The molecular formula is C51H105N. The highest BCUT2D eigenvalue weighted by atomic mass is 15.3. The lowest BCUT2D eigenvalue weighted by Gasteiger charge is -2.57. The van der Waals surface area contributed by atoms with E-state index in [0.29, 0.717) is 0 Å². The van der Waals surface area contributed by atoms with Crippen LogP contribution in [0.25, 0.3) is 0 Å². The van der Waals surface area contributed by atoms with Crippen LogP contribution >= 0.6 is 0 Å². The molecule has 0 amide bonds. The highest BCUT2D eigenvalue weighted by Crippen LogP contribution is 2.41. The molecule has 0 aliphatic rings. The highest BCUT2D eigenvalue weighted by molar-refractivity contribution is 5.00. The maximum absolute atomic E-state index is 3.06. The molecule has 0 radical (unpaired) electrons. The Hall–Kier alpha value is -0.0400. The topological polar surface area (TPSA) is 3.24 Å². The van der Waals surface area contributed by atoms with Gasteiger partial charge in [-0.15, -0.1) is 0 Å². The van der Waals surface area contributed by atoms with Crippen LogP contribution in [0.3, 0.4) is 0 Å². The Labute approximate surface area is 333 Å². The van der Waals surface area contributed by atoms with Gasteiger partial charge in [-0.1, -0.05) is 252 Å². The van der Waals surface area contributed by atoms with Crippen molar-refractivity contribution in [1.82, 2.24) is 4.90 Å². The molecule has 0 aliphatic carbocycles. The zero-order valence-corrected chi connectivity index (χ0v) is 38.5. The van der Waals surface area contributed by atoms with Crippen molar-refractivity contribution in [2.24, 2.45) is 0 Å². The molecule has 52 heavy (non-hydrogen) atoms. The van der Waals surface area contributed by atoms with Gasteiger partial charge in [-0.05, 0) is 60.8 Å². The maximum atomic E-state index is 3.06. The molecule has 0 aromatic carbocycles. The van der Waals surface area contributed by atoms with Crippen molar-refractivity contribution in [3.05, 3.63) is 0 Å². The third kappa shape index (κ3) is 30.2. The first-order valence-electron chi connectivity index (χ1n) is 24.9. The number of unbranched alkanes of at least 4 members (excludes halogenated alkanes) is 33. The Bertz CT molecular complexity index is 609. The molecule has 1 heteroatoms. The molecule has 0 aromatic rings. The molecule has 0 rings (SSSR count). The van der Waals surface area contributed by atoms with Crippen LogP contribution in [0.4, 0.5) is 0 Å². The van der Waals surface area contributed by atoms with E-state index in [2.05, 4.69) is 67.2 Å². The predicted octanol–water partition coefficient (Wildman–Crippen LogP) is 18.9. The molecule has 314 valence electrons. The normalized spacial score (nSPS) is 12.8. The fraction of sp³-hybridized carbons (Fsp3) is 1.00. The van der Waals surface area contributed by atoms with Crippen molar-refractivity contribution in [3.63, 3.8) is 0 Å². The zero-order valence-electron chi connectivity index (χ0n) is 38.5. The van der Waals surface area contributed by atoms with Crippen LogP contribution in [-0.2, 0) is 0 Å². The number of nitrogens with zero attached hydrogens (tertiary/aromatic N) is 1. The first-order chi connectivity index (χ1) is 25.0. The molecule has 0 aromatic heterocycles. The van der Waals surface area contributed by atoms with Crippen LogP contribution in [0, 0.1) is 0 Å². The summed E-state index contributed by atoms with van der Waals surface area (Å²) in [6, 6.07) is 0. The fourth-order valence-corrected chi connectivity index (χ4v) is 9.99. The Morgan fingerprint density at radius 3 is 0.500 bits per heavy atom. The average Bonchev–Trinajstić information content (AvgIpc) is 3.09. The van der Waals surface area contributed by atoms with Crippen LogP contribution in [0.2, 0.25) is 0 Å². The van der Waals surface area contributed by atoms with Crippen molar-refractivity contribution in [2.45, 2.75) is 329 Å². The molecule has 0 saturated heterocycles. The van der Waals surface area contributed by atoms with Gasteiger partial charge in [-0.25, -0.2) is 0 Å². The predicted molar refractivity (Wildman–Crippen MR) is 241 cm³/mol. The summed E-state index contributed by atoms with van der Waals surface area (Å²) in [5, 5.41) is 0. The molecule has 0 heterocycles. The van der Waals surface area contributed by atoms with Crippen molar-refractivity contribution in [2.75, 3.05) is 0 Å². The van der Waals surface area contributed by atoms with Crippen molar-refractivity contribution >= 4 is 0 Å². The van der Waals surface area contributed by atoms with Gasteiger partial charge in [0.2, 0.25) is 0 Å². The van der Waals surface area contributed by atoms with Crippen LogP contribution in [0.5, 0.6) is 0 Å². The van der Waals surface area contributed by atoms with E-state index in [1.807, 2.05) is 0 Å². The van der Waals surface area contributed by atoms with Gasteiger partial charge in [0.15, 0.2) is 0 Å². The largest absolute Gasteiger partial charge is 0.288 e. The van der Waals surface area contributed by atoms with Gasteiger partial charge in [-0.3, -0.25) is 4.90 Å². The standard InChI is InChI=1S/C51H105N/c1-10-13-16-19-22-25-28-31-34-37-40-43-46-49(4,5)52(50(6,7)47-44-41-38-35-32-29-26-23-20-17-14-11-2)51(8,9)48-45-42-39-36-33-30-27-24-21-18-15-12-3/h10-48H2,1-9H3. The summed E-state index contributed by atoms with van der Waals surface area (Å²) in [6.45, 7) is 22.6. The van der Waals surface area contributed by atoms with E-state index in [-0.39, 0.29) is 16.6 Å². The monoisotopic (exact) mass is 732 g/mol. The molecule has 0 saturated carbocycles. The Kier molecular flexibility index (Phi) is 35.4. The minimum atomic E-state index is 0.236. The molecular weight excluding hydrogens is 627 g/mol. The second kappa shape index (κ2) is 35.4. The summed E-state index contributed by atoms with van der Waals surface area (Å²) in [4.78, 5) is 3.06. The summed E-state index contributed by atoms with van der Waals surface area (Å²) in [7, 11) is 0. The molecule has 1 nitrogen and oxygen atoms in total. The van der Waals surface area contributed by atoms with Crippen LogP contribution < -0.4 is 0 Å². The van der Waals surface area contributed by atoms with E-state index in [0.717, 1.165) is 0 Å². The molecule has 0 N–H and O–H groups in total. The van der Waals surface area contributed by atoms with Gasteiger partial charge < -0.3 is 0 Å². The molecule has 0 unspecified atom stereocenters. The minimum Gasteiger partial charge on any atom is -0.288 e. The lowest BCUT2D eigenvalue weighted by atomic mass is 9.78. The quantitative estimate of drug-likeness (QED) is 0.0565. The zero-order chi connectivity index (χ0) is 38.7. The summed E-state index contributed by atoms with van der Waals surface area (Å²) in [5.41, 5.74) is 0.708. The first kappa shape index (κ1) is 52.0. The second-order valence-corrected chi connectivity index (χ2v) is 19.7. The van der Waals surface area contributed by atoms with E-state index in [1.54, 1.807) is 0 Å². The van der Waals surface area contributed by atoms with Gasteiger partial charge in [0.05, 0.1) is 0 Å². The van der Waals surface area contributed by atoms with Gasteiger partial charge in [0.1, 0.15) is 0 Å². The van der Waals surface area contributed by atoms with Crippen LogP contribution in [0.1, 0.15) is 313 Å². The summed E-state index contributed by atoms with van der Waals surface area (Å²) >= 11 is 0. The first-order valence-corrected chi connectivity index (χ1v) is 24.9. The van der Waals surface area contributed by atoms with Crippen LogP contribution in [-0.4, -0.2) is 21.5 Å². The van der Waals surface area contributed by atoms with Gasteiger partial charge >= 0.3 is 0 Å². The second-order valence-electron chi connectivity index (χ2n) is 19.7. The Balaban J connectivity index is 4.83. The molecule has 0 atom stereocenters.